The fourth-order valence-electron chi connectivity index (χ4n) is 3.11. The molecule has 0 spiro atoms. The highest BCUT2D eigenvalue weighted by Gasteiger charge is 2.25. The molecule has 1 aliphatic heterocycles. The third-order valence-electron chi connectivity index (χ3n) is 4.61. The van der Waals surface area contributed by atoms with E-state index >= 15 is 4.39 Å². The highest BCUT2D eigenvalue weighted by molar-refractivity contribution is 7.91. The summed E-state index contributed by atoms with van der Waals surface area (Å²) in [6.45, 7) is 0.984. The third-order valence-corrected chi connectivity index (χ3v) is 6.63. The van der Waals surface area contributed by atoms with E-state index in [0.717, 1.165) is 6.07 Å². The number of hydrogen-bond acceptors (Lipinski definition) is 5. The van der Waals surface area contributed by atoms with E-state index in [4.69, 9.17) is 21.1 Å². The van der Waals surface area contributed by atoms with E-state index in [0.29, 0.717) is 35.6 Å². The van der Waals surface area contributed by atoms with Crippen LogP contribution in [0.5, 0.6) is 0 Å². The van der Waals surface area contributed by atoms with Gasteiger partial charge in [0.15, 0.2) is 6.29 Å². The molecular weight excluding hydrogens is 436 g/mol. The number of halogens is 3. The summed E-state index contributed by atoms with van der Waals surface area (Å²) in [5, 5.41) is 0.331. The summed E-state index contributed by atoms with van der Waals surface area (Å²) >= 11 is 5.78. The maximum atomic E-state index is 15.1. The fraction of sp³-hybridized carbons (Fsp3) is 0.190. The van der Waals surface area contributed by atoms with E-state index in [-0.39, 0.29) is 16.9 Å². The van der Waals surface area contributed by atoms with Gasteiger partial charge in [-0.25, -0.2) is 17.2 Å². The minimum Gasteiger partial charge on any atom is -0.346 e. The molecule has 1 aromatic heterocycles. The molecule has 1 saturated heterocycles. The van der Waals surface area contributed by atoms with Gasteiger partial charge in [0.25, 0.3) is 0 Å². The third kappa shape index (κ3) is 4.22. The summed E-state index contributed by atoms with van der Waals surface area (Å²) < 4.78 is 65.7. The van der Waals surface area contributed by atoms with Gasteiger partial charge < -0.3 is 9.47 Å². The SMILES string of the molecule is O=S(=O)(c1ccc(Cl)cc1)c1cc(F)cc(Cc2ccc(C3OCCO3)cn2)c1F. The summed E-state index contributed by atoms with van der Waals surface area (Å²) in [5.74, 6) is -1.87. The molecule has 0 unspecified atom stereocenters. The molecule has 3 aromatic rings. The summed E-state index contributed by atoms with van der Waals surface area (Å²) in [6.07, 6.45) is 0.960. The largest absolute Gasteiger partial charge is 0.346 e. The van der Waals surface area contributed by atoms with Gasteiger partial charge in [-0.15, -0.1) is 0 Å². The lowest BCUT2D eigenvalue weighted by molar-refractivity contribution is -0.0443. The van der Waals surface area contributed by atoms with Crippen molar-refractivity contribution in [1.82, 2.24) is 4.98 Å². The molecule has 30 heavy (non-hydrogen) atoms. The van der Waals surface area contributed by atoms with E-state index in [1.54, 1.807) is 12.1 Å². The molecule has 1 fully saturated rings. The molecule has 5 nitrogen and oxygen atoms in total. The predicted octanol–water partition coefficient (Wildman–Crippen LogP) is 4.48. The van der Waals surface area contributed by atoms with Crippen molar-refractivity contribution < 1.29 is 26.7 Å². The van der Waals surface area contributed by atoms with Crippen molar-refractivity contribution in [3.05, 3.63) is 88.2 Å². The number of ether oxygens (including phenoxy) is 2. The topological polar surface area (TPSA) is 65.5 Å². The van der Waals surface area contributed by atoms with Gasteiger partial charge >= 0.3 is 0 Å². The van der Waals surface area contributed by atoms with E-state index in [1.807, 2.05) is 0 Å². The van der Waals surface area contributed by atoms with E-state index in [9.17, 15) is 12.8 Å². The molecule has 0 atom stereocenters. The zero-order valence-corrected chi connectivity index (χ0v) is 17.1. The lowest BCUT2D eigenvalue weighted by Crippen LogP contribution is -2.09. The first kappa shape index (κ1) is 20.9. The van der Waals surface area contributed by atoms with Gasteiger partial charge in [0, 0.05) is 28.9 Å². The van der Waals surface area contributed by atoms with Crippen LogP contribution in [0.4, 0.5) is 8.78 Å². The highest BCUT2D eigenvalue weighted by atomic mass is 35.5. The number of pyridine rings is 1. The van der Waals surface area contributed by atoms with Crippen molar-refractivity contribution in [3.63, 3.8) is 0 Å². The Labute approximate surface area is 177 Å². The Morgan fingerprint density at radius 3 is 2.37 bits per heavy atom. The zero-order chi connectivity index (χ0) is 21.3. The molecule has 0 radical (unpaired) electrons. The minimum absolute atomic E-state index is 0.0839. The van der Waals surface area contributed by atoms with Gasteiger partial charge in [-0.2, -0.15) is 0 Å². The first-order valence-corrected chi connectivity index (χ1v) is 10.9. The van der Waals surface area contributed by atoms with Crippen LogP contribution < -0.4 is 0 Å². The lowest BCUT2D eigenvalue weighted by Gasteiger charge is -2.12. The first-order valence-electron chi connectivity index (χ1n) is 9.01. The summed E-state index contributed by atoms with van der Waals surface area (Å²) in [5.41, 5.74) is 1.04. The van der Waals surface area contributed by atoms with Crippen LogP contribution in [-0.4, -0.2) is 26.6 Å². The number of sulfone groups is 1. The molecule has 0 N–H and O–H groups in total. The molecule has 1 aliphatic rings. The van der Waals surface area contributed by atoms with Gasteiger partial charge in [-0.05, 0) is 48.0 Å². The van der Waals surface area contributed by atoms with Gasteiger partial charge in [0.2, 0.25) is 9.84 Å². The van der Waals surface area contributed by atoms with Gasteiger partial charge in [0.05, 0.1) is 18.1 Å². The van der Waals surface area contributed by atoms with Crippen LogP contribution in [0.2, 0.25) is 5.02 Å². The monoisotopic (exact) mass is 451 g/mol. The smallest absolute Gasteiger partial charge is 0.209 e. The van der Waals surface area contributed by atoms with Crippen molar-refractivity contribution in [3.8, 4) is 0 Å². The summed E-state index contributed by atoms with van der Waals surface area (Å²) in [6, 6.07) is 10.2. The Balaban J connectivity index is 1.65. The van der Waals surface area contributed by atoms with Crippen LogP contribution in [0.3, 0.4) is 0 Å². The van der Waals surface area contributed by atoms with E-state index in [1.165, 1.54) is 30.5 Å². The molecule has 0 saturated carbocycles. The van der Waals surface area contributed by atoms with Gasteiger partial charge in [-0.1, -0.05) is 17.7 Å². The van der Waals surface area contributed by atoms with Crippen LogP contribution in [0.25, 0.3) is 0 Å². The predicted molar refractivity (Wildman–Crippen MR) is 105 cm³/mol. The first-order chi connectivity index (χ1) is 14.3. The Bertz CT molecular complexity index is 1160. The molecule has 0 amide bonds. The standard InChI is InChI=1S/C21H16ClF2NO4S/c22-15-2-5-18(6-3-15)30(26,27)19-11-16(23)9-14(20(19)24)10-17-4-1-13(12-25-17)21-28-7-8-29-21/h1-6,9,11-12,21H,7-8,10H2. The zero-order valence-electron chi connectivity index (χ0n) is 15.5. The number of rotatable bonds is 5. The van der Waals surface area contributed by atoms with Crippen molar-refractivity contribution >= 4 is 21.4 Å². The van der Waals surface area contributed by atoms with Crippen LogP contribution in [0.1, 0.15) is 23.1 Å². The normalized spacial score (nSPS) is 14.9. The van der Waals surface area contributed by atoms with Gasteiger partial charge in [0.1, 0.15) is 16.5 Å². The second kappa shape index (κ2) is 8.39. The Kier molecular flexibility index (Phi) is 5.84. The van der Waals surface area contributed by atoms with Crippen LogP contribution in [-0.2, 0) is 25.7 Å². The molecule has 0 aliphatic carbocycles. The van der Waals surface area contributed by atoms with Crippen LogP contribution >= 0.6 is 11.6 Å². The molecule has 9 heteroatoms. The number of hydrogen-bond donors (Lipinski definition) is 0. The Morgan fingerprint density at radius 2 is 1.73 bits per heavy atom. The van der Waals surface area contributed by atoms with Crippen molar-refractivity contribution in [2.75, 3.05) is 13.2 Å². The summed E-state index contributed by atoms with van der Waals surface area (Å²) in [4.78, 5) is 3.32. The van der Waals surface area contributed by atoms with Crippen molar-refractivity contribution in [2.45, 2.75) is 22.5 Å². The fourth-order valence-corrected chi connectivity index (χ4v) is 4.62. The molecule has 2 aromatic carbocycles. The number of nitrogens with zero attached hydrogens (tertiary/aromatic N) is 1. The number of aromatic nitrogens is 1. The maximum Gasteiger partial charge on any atom is 0.209 e. The van der Waals surface area contributed by atoms with Gasteiger partial charge in [-0.3, -0.25) is 4.98 Å². The van der Waals surface area contributed by atoms with Crippen LogP contribution in [0.15, 0.2) is 64.5 Å². The average Bonchev–Trinajstić information content (AvgIpc) is 3.26. The lowest BCUT2D eigenvalue weighted by atomic mass is 10.1. The maximum absolute atomic E-state index is 15.1. The molecule has 4 rings (SSSR count). The van der Waals surface area contributed by atoms with E-state index in [2.05, 4.69) is 4.98 Å². The Hall–Kier alpha value is -2.39. The average molecular weight is 452 g/mol. The summed E-state index contributed by atoms with van der Waals surface area (Å²) in [7, 11) is -4.27. The van der Waals surface area contributed by atoms with Crippen molar-refractivity contribution in [2.24, 2.45) is 0 Å². The molecule has 156 valence electrons. The van der Waals surface area contributed by atoms with Crippen LogP contribution in [0, 0.1) is 11.6 Å². The van der Waals surface area contributed by atoms with Crippen molar-refractivity contribution in [1.29, 1.82) is 0 Å². The second-order valence-electron chi connectivity index (χ2n) is 6.67. The molecule has 2 heterocycles. The quantitative estimate of drug-likeness (QED) is 0.572. The highest BCUT2D eigenvalue weighted by Crippen LogP contribution is 2.29. The number of benzene rings is 2. The second-order valence-corrected chi connectivity index (χ2v) is 9.02. The molecule has 0 bridgehead atoms. The minimum atomic E-state index is -4.27. The van der Waals surface area contributed by atoms with E-state index < -0.39 is 32.7 Å². The Morgan fingerprint density at radius 1 is 1.03 bits per heavy atom. The molecular formula is C21H16ClF2NO4S.